The van der Waals surface area contributed by atoms with Crippen molar-refractivity contribution < 1.29 is 10.0 Å². The Morgan fingerprint density at radius 1 is 1.39 bits per heavy atom. The van der Waals surface area contributed by atoms with Crippen LogP contribution in [0.2, 0.25) is 0 Å². The van der Waals surface area contributed by atoms with Crippen molar-refractivity contribution >= 4 is 12.6 Å². The van der Waals surface area contributed by atoms with Crippen LogP contribution in [0, 0.1) is 6.92 Å². The second-order valence-electron chi connectivity index (χ2n) is 4.16. The predicted octanol–water partition coefficient (Wildman–Crippen LogP) is -0.720. The Morgan fingerprint density at radius 2 is 2.17 bits per heavy atom. The summed E-state index contributed by atoms with van der Waals surface area (Å²) in [6.45, 7) is 2.21. The monoisotopic (exact) mass is 244 g/mol. The minimum Gasteiger partial charge on any atom is -0.423 e. The Labute approximate surface area is 105 Å². The van der Waals surface area contributed by atoms with E-state index in [1.54, 1.807) is 24.4 Å². The van der Waals surface area contributed by atoms with E-state index in [1.807, 2.05) is 13.0 Å². The number of benzene rings is 1. The molecule has 0 aliphatic rings. The van der Waals surface area contributed by atoms with Crippen LogP contribution in [-0.4, -0.2) is 26.7 Å². The first-order valence-electron chi connectivity index (χ1n) is 5.54. The summed E-state index contributed by atoms with van der Waals surface area (Å²) < 4.78 is 1.48. The van der Waals surface area contributed by atoms with Crippen molar-refractivity contribution in [3.63, 3.8) is 0 Å². The molecular formula is C12H13BN2O3. The fourth-order valence-corrected chi connectivity index (χ4v) is 1.73. The van der Waals surface area contributed by atoms with E-state index in [1.165, 1.54) is 10.8 Å². The van der Waals surface area contributed by atoms with Crippen LogP contribution in [0.25, 0.3) is 0 Å². The van der Waals surface area contributed by atoms with Gasteiger partial charge < -0.3 is 10.0 Å². The van der Waals surface area contributed by atoms with Gasteiger partial charge in [0.15, 0.2) is 0 Å². The first kappa shape index (κ1) is 12.5. The molecule has 0 aliphatic heterocycles. The van der Waals surface area contributed by atoms with Crippen molar-refractivity contribution in [2.45, 2.75) is 13.5 Å². The van der Waals surface area contributed by atoms with Gasteiger partial charge in [-0.3, -0.25) is 4.57 Å². The van der Waals surface area contributed by atoms with E-state index >= 15 is 0 Å². The summed E-state index contributed by atoms with van der Waals surface area (Å²) in [7, 11) is -1.50. The highest BCUT2D eigenvalue weighted by Crippen LogP contribution is 2.00. The van der Waals surface area contributed by atoms with E-state index in [0.29, 0.717) is 12.0 Å². The van der Waals surface area contributed by atoms with Gasteiger partial charge in [0.2, 0.25) is 0 Å². The van der Waals surface area contributed by atoms with Crippen molar-refractivity contribution in [2.75, 3.05) is 0 Å². The Morgan fingerprint density at radius 3 is 2.89 bits per heavy atom. The van der Waals surface area contributed by atoms with Gasteiger partial charge >= 0.3 is 12.8 Å². The van der Waals surface area contributed by atoms with Crippen LogP contribution in [0.5, 0.6) is 0 Å². The third-order valence-electron chi connectivity index (χ3n) is 2.59. The molecule has 0 bridgehead atoms. The quantitative estimate of drug-likeness (QED) is 0.698. The summed E-state index contributed by atoms with van der Waals surface area (Å²) in [5.41, 5.74) is 1.79. The molecule has 0 radical (unpaired) electrons. The van der Waals surface area contributed by atoms with Gasteiger partial charge in [-0.25, -0.2) is 9.78 Å². The fraction of sp³-hybridized carbons (Fsp3) is 0.167. The summed E-state index contributed by atoms with van der Waals surface area (Å²) in [4.78, 5) is 15.3. The molecule has 2 N–H and O–H groups in total. The van der Waals surface area contributed by atoms with Crippen molar-refractivity contribution in [3.8, 4) is 0 Å². The van der Waals surface area contributed by atoms with Crippen LogP contribution in [0.15, 0.2) is 41.5 Å². The lowest BCUT2D eigenvalue weighted by molar-refractivity contribution is 0.425. The number of hydrogen-bond acceptors (Lipinski definition) is 4. The number of hydrogen-bond donors (Lipinski definition) is 2. The normalized spacial score (nSPS) is 10.4. The highest BCUT2D eigenvalue weighted by atomic mass is 16.4. The first-order chi connectivity index (χ1) is 8.56. The van der Waals surface area contributed by atoms with Gasteiger partial charge in [0.25, 0.3) is 0 Å². The summed E-state index contributed by atoms with van der Waals surface area (Å²) >= 11 is 0. The molecule has 0 unspecified atom stereocenters. The van der Waals surface area contributed by atoms with Gasteiger partial charge in [0.1, 0.15) is 0 Å². The summed E-state index contributed by atoms with van der Waals surface area (Å²) in [5.74, 6) is 0. The lowest BCUT2D eigenvalue weighted by Gasteiger charge is -2.07. The Balaban J connectivity index is 2.31. The van der Waals surface area contributed by atoms with Crippen molar-refractivity contribution in [2.24, 2.45) is 0 Å². The summed E-state index contributed by atoms with van der Waals surface area (Å²) in [5, 5.41) is 18.2. The summed E-state index contributed by atoms with van der Waals surface area (Å²) in [6.07, 6.45) is 3.24. The van der Waals surface area contributed by atoms with Crippen LogP contribution in [0.4, 0.5) is 0 Å². The van der Waals surface area contributed by atoms with Gasteiger partial charge in [-0.2, -0.15) is 0 Å². The van der Waals surface area contributed by atoms with Crippen molar-refractivity contribution in [1.29, 1.82) is 0 Å². The third kappa shape index (κ3) is 2.85. The number of aryl methyl sites for hydroxylation is 1. The molecule has 1 aromatic carbocycles. The molecular weight excluding hydrogens is 231 g/mol. The van der Waals surface area contributed by atoms with Crippen LogP contribution >= 0.6 is 0 Å². The van der Waals surface area contributed by atoms with Gasteiger partial charge in [-0.05, 0) is 23.5 Å². The van der Waals surface area contributed by atoms with Gasteiger partial charge in [-0.15, -0.1) is 0 Å². The third-order valence-corrected chi connectivity index (χ3v) is 2.59. The topological polar surface area (TPSA) is 75.4 Å². The molecule has 0 fully saturated rings. The number of aromatic nitrogens is 2. The number of nitrogens with zero attached hydrogens (tertiary/aromatic N) is 2. The minimum absolute atomic E-state index is 0.324. The zero-order valence-electron chi connectivity index (χ0n) is 9.95. The molecule has 0 atom stereocenters. The molecule has 2 aromatic rings. The second-order valence-corrected chi connectivity index (χ2v) is 4.16. The molecule has 0 spiro atoms. The predicted molar refractivity (Wildman–Crippen MR) is 68.6 cm³/mol. The van der Waals surface area contributed by atoms with Crippen LogP contribution in [0.1, 0.15) is 11.1 Å². The van der Waals surface area contributed by atoms with Crippen molar-refractivity contribution in [1.82, 2.24) is 9.55 Å². The SMILES string of the molecule is Cc1cnc(=O)n(Cc2cccc(B(O)O)c2)c1. The maximum Gasteiger partial charge on any atom is 0.488 e. The van der Waals surface area contributed by atoms with E-state index in [-0.39, 0.29) is 5.69 Å². The van der Waals surface area contributed by atoms with Crippen molar-refractivity contribution in [3.05, 3.63) is 58.3 Å². The zero-order valence-corrected chi connectivity index (χ0v) is 9.95. The average molecular weight is 244 g/mol. The van der Waals surface area contributed by atoms with Crippen LogP contribution in [0.3, 0.4) is 0 Å². The Kier molecular flexibility index (Phi) is 3.59. The molecule has 1 aromatic heterocycles. The largest absolute Gasteiger partial charge is 0.488 e. The molecule has 1 heterocycles. The van der Waals surface area contributed by atoms with E-state index in [2.05, 4.69) is 4.98 Å². The molecule has 0 saturated carbocycles. The highest BCUT2D eigenvalue weighted by Gasteiger charge is 2.10. The van der Waals surface area contributed by atoms with E-state index in [0.717, 1.165) is 11.1 Å². The van der Waals surface area contributed by atoms with E-state index in [9.17, 15) is 4.79 Å². The first-order valence-corrected chi connectivity index (χ1v) is 5.54. The maximum absolute atomic E-state index is 11.5. The van der Waals surface area contributed by atoms with E-state index in [4.69, 9.17) is 10.0 Å². The Bertz CT molecular complexity index is 610. The zero-order chi connectivity index (χ0) is 13.1. The second kappa shape index (κ2) is 5.16. The molecule has 92 valence electrons. The lowest BCUT2D eigenvalue weighted by atomic mass is 9.79. The van der Waals surface area contributed by atoms with Gasteiger partial charge in [0, 0.05) is 12.4 Å². The highest BCUT2D eigenvalue weighted by molar-refractivity contribution is 6.58. The average Bonchev–Trinajstić information content (AvgIpc) is 2.34. The van der Waals surface area contributed by atoms with Gasteiger partial charge in [0.05, 0.1) is 6.54 Å². The molecule has 0 amide bonds. The number of rotatable bonds is 3. The minimum atomic E-state index is -1.50. The van der Waals surface area contributed by atoms with E-state index < -0.39 is 7.12 Å². The maximum atomic E-state index is 11.5. The molecule has 2 rings (SSSR count). The van der Waals surface area contributed by atoms with Crippen LogP contribution in [-0.2, 0) is 6.54 Å². The smallest absolute Gasteiger partial charge is 0.423 e. The standard InChI is InChI=1S/C12H13BN2O3/c1-9-6-14-12(16)15(7-9)8-10-3-2-4-11(5-10)13(17)18/h2-7,17-18H,8H2,1H3. The van der Waals surface area contributed by atoms with Crippen LogP contribution < -0.4 is 11.2 Å². The molecule has 18 heavy (non-hydrogen) atoms. The summed E-state index contributed by atoms with van der Waals surface area (Å²) in [6, 6.07) is 6.81. The molecule has 5 nitrogen and oxygen atoms in total. The fourth-order valence-electron chi connectivity index (χ4n) is 1.73. The molecule has 6 heteroatoms. The van der Waals surface area contributed by atoms with Gasteiger partial charge in [-0.1, -0.05) is 24.3 Å². The lowest BCUT2D eigenvalue weighted by Crippen LogP contribution is -2.30. The Hall–Kier alpha value is -1.92. The molecule has 0 saturated heterocycles. The molecule has 0 aliphatic carbocycles.